The highest BCUT2D eigenvalue weighted by Crippen LogP contribution is 2.42. The van der Waals surface area contributed by atoms with Crippen molar-refractivity contribution in [2.24, 2.45) is 0 Å². The van der Waals surface area contributed by atoms with E-state index in [0.29, 0.717) is 22.6 Å². The highest BCUT2D eigenvalue weighted by Gasteiger charge is 2.24. The zero-order chi connectivity index (χ0) is 18.6. The number of hydrogen-bond acceptors (Lipinski definition) is 5. The molecule has 5 heteroatoms. The number of rotatable bonds is 6. The van der Waals surface area contributed by atoms with Crippen LogP contribution in [0, 0.1) is 13.8 Å². The molecule has 1 N–H and O–H groups in total. The number of phenolic OH excluding ortho intramolecular Hbond substituents is 1. The Kier molecular flexibility index (Phi) is 5.70. The monoisotopic (exact) mass is 342 g/mol. The molecule has 0 radical (unpaired) electrons. The first-order valence-electron chi connectivity index (χ1n) is 7.75. The molecule has 0 amide bonds. The molecule has 2 rings (SSSR count). The standard InChI is InChI=1S/C20H22O5/c1-12-18(22)17(20(25-5)13(2)19(12)24-4)16(21)11-8-14-6-9-15(23-3)10-7-14/h6-11,22H,1-5H3/b11-8+. The predicted octanol–water partition coefficient (Wildman–Crippen LogP) is 3.93. The van der Waals surface area contributed by atoms with Crippen molar-refractivity contribution < 1.29 is 24.1 Å². The van der Waals surface area contributed by atoms with E-state index in [9.17, 15) is 9.90 Å². The molecule has 0 bridgehead atoms. The summed E-state index contributed by atoms with van der Waals surface area (Å²) in [6.45, 7) is 3.48. The Hall–Kier alpha value is -2.95. The normalized spacial score (nSPS) is 10.8. The molecule has 0 aromatic heterocycles. The molecule has 0 aliphatic carbocycles. The minimum atomic E-state index is -0.348. The van der Waals surface area contributed by atoms with Gasteiger partial charge in [-0.1, -0.05) is 18.2 Å². The van der Waals surface area contributed by atoms with Crippen LogP contribution in [0.5, 0.6) is 23.0 Å². The number of methoxy groups -OCH3 is 3. The highest BCUT2D eigenvalue weighted by molar-refractivity contribution is 6.11. The van der Waals surface area contributed by atoms with E-state index < -0.39 is 0 Å². The van der Waals surface area contributed by atoms with Gasteiger partial charge >= 0.3 is 0 Å². The first kappa shape index (κ1) is 18.4. The quantitative estimate of drug-likeness (QED) is 0.636. The van der Waals surface area contributed by atoms with Gasteiger partial charge in [-0.05, 0) is 37.6 Å². The lowest BCUT2D eigenvalue weighted by molar-refractivity contribution is 0.104. The molecule has 25 heavy (non-hydrogen) atoms. The van der Waals surface area contributed by atoms with Gasteiger partial charge in [0.2, 0.25) is 0 Å². The van der Waals surface area contributed by atoms with Gasteiger partial charge < -0.3 is 19.3 Å². The van der Waals surface area contributed by atoms with Gasteiger partial charge in [-0.3, -0.25) is 4.79 Å². The van der Waals surface area contributed by atoms with Crippen LogP contribution < -0.4 is 14.2 Å². The lowest BCUT2D eigenvalue weighted by atomic mass is 9.98. The van der Waals surface area contributed by atoms with Crippen molar-refractivity contribution in [1.29, 1.82) is 0 Å². The molecular weight excluding hydrogens is 320 g/mol. The smallest absolute Gasteiger partial charge is 0.193 e. The summed E-state index contributed by atoms with van der Waals surface area (Å²) in [5, 5.41) is 10.5. The highest BCUT2D eigenvalue weighted by atomic mass is 16.5. The Balaban J connectivity index is 2.42. The van der Waals surface area contributed by atoms with E-state index in [-0.39, 0.29) is 17.1 Å². The van der Waals surface area contributed by atoms with Crippen LogP contribution in [-0.2, 0) is 0 Å². The van der Waals surface area contributed by atoms with Gasteiger partial charge in [0.25, 0.3) is 0 Å². The molecule has 0 aliphatic rings. The maximum atomic E-state index is 12.7. The van der Waals surface area contributed by atoms with E-state index in [4.69, 9.17) is 14.2 Å². The summed E-state index contributed by atoms with van der Waals surface area (Å²) in [7, 11) is 4.57. The topological polar surface area (TPSA) is 65.0 Å². The maximum Gasteiger partial charge on any atom is 0.193 e. The van der Waals surface area contributed by atoms with Crippen LogP contribution in [-0.4, -0.2) is 32.2 Å². The second kappa shape index (κ2) is 7.75. The molecule has 0 heterocycles. The van der Waals surface area contributed by atoms with Gasteiger partial charge in [-0.25, -0.2) is 0 Å². The fourth-order valence-electron chi connectivity index (χ4n) is 2.73. The van der Waals surface area contributed by atoms with Crippen molar-refractivity contribution in [2.45, 2.75) is 13.8 Å². The molecule has 0 unspecified atom stereocenters. The van der Waals surface area contributed by atoms with Crippen LogP contribution in [0.2, 0.25) is 0 Å². The summed E-state index contributed by atoms with van der Waals surface area (Å²) in [5.74, 6) is 1.07. The van der Waals surface area contributed by atoms with E-state index in [1.165, 1.54) is 20.3 Å². The van der Waals surface area contributed by atoms with E-state index in [1.807, 2.05) is 24.3 Å². The Morgan fingerprint density at radius 3 is 2.04 bits per heavy atom. The molecule has 2 aromatic carbocycles. The number of ketones is 1. The number of ether oxygens (including phenoxy) is 3. The summed E-state index contributed by atoms with van der Waals surface area (Å²) >= 11 is 0. The molecule has 0 saturated heterocycles. The summed E-state index contributed by atoms with van der Waals surface area (Å²) in [5.41, 5.74) is 2.14. The predicted molar refractivity (Wildman–Crippen MR) is 97.0 cm³/mol. The number of hydrogen-bond donors (Lipinski definition) is 1. The van der Waals surface area contributed by atoms with E-state index in [1.54, 1.807) is 27.0 Å². The van der Waals surface area contributed by atoms with E-state index in [2.05, 4.69) is 0 Å². The SMILES string of the molecule is COc1ccc(/C=C/C(=O)c2c(O)c(C)c(OC)c(C)c2OC)cc1. The van der Waals surface area contributed by atoms with Crippen molar-refractivity contribution in [3.8, 4) is 23.0 Å². The van der Waals surface area contributed by atoms with E-state index >= 15 is 0 Å². The van der Waals surface area contributed by atoms with Crippen LogP contribution in [0.4, 0.5) is 0 Å². The van der Waals surface area contributed by atoms with E-state index in [0.717, 1.165) is 11.3 Å². The Labute approximate surface area is 147 Å². The van der Waals surface area contributed by atoms with Crippen molar-refractivity contribution in [3.05, 3.63) is 52.6 Å². The van der Waals surface area contributed by atoms with Gasteiger partial charge in [0.1, 0.15) is 28.6 Å². The van der Waals surface area contributed by atoms with Gasteiger partial charge in [0.05, 0.1) is 21.3 Å². The number of aromatic hydroxyl groups is 1. The number of allylic oxidation sites excluding steroid dienone is 1. The molecule has 0 atom stereocenters. The molecule has 132 valence electrons. The molecule has 2 aromatic rings. The van der Waals surface area contributed by atoms with Gasteiger partial charge in [0.15, 0.2) is 5.78 Å². The number of benzene rings is 2. The molecular formula is C20H22O5. The number of phenols is 1. The van der Waals surface area contributed by atoms with Crippen LogP contribution in [0.3, 0.4) is 0 Å². The van der Waals surface area contributed by atoms with Crippen molar-refractivity contribution in [1.82, 2.24) is 0 Å². The van der Waals surface area contributed by atoms with Gasteiger partial charge in [-0.15, -0.1) is 0 Å². The number of carbonyl (C=O) groups is 1. The molecule has 0 aliphatic heterocycles. The zero-order valence-corrected chi connectivity index (χ0v) is 15.0. The maximum absolute atomic E-state index is 12.7. The lowest BCUT2D eigenvalue weighted by Gasteiger charge is -2.17. The fourth-order valence-corrected chi connectivity index (χ4v) is 2.73. The van der Waals surface area contributed by atoms with Crippen LogP contribution in [0.25, 0.3) is 6.08 Å². The summed E-state index contributed by atoms with van der Waals surface area (Å²) in [6.07, 6.45) is 3.08. The molecule has 0 saturated carbocycles. The van der Waals surface area contributed by atoms with Crippen LogP contribution >= 0.6 is 0 Å². The third kappa shape index (κ3) is 3.60. The minimum Gasteiger partial charge on any atom is -0.507 e. The first-order chi connectivity index (χ1) is 11.9. The average Bonchev–Trinajstić information content (AvgIpc) is 2.63. The largest absolute Gasteiger partial charge is 0.507 e. The van der Waals surface area contributed by atoms with Crippen molar-refractivity contribution in [3.63, 3.8) is 0 Å². The summed E-state index contributed by atoms with van der Waals surface area (Å²) in [4.78, 5) is 12.7. The Morgan fingerprint density at radius 2 is 1.52 bits per heavy atom. The lowest BCUT2D eigenvalue weighted by Crippen LogP contribution is -2.05. The minimum absolute atomic E-state index is 0.128. The first-order valence-corrected chi connectivity index (χ1v) is 7.75. The van der Waals surface area contributed by atoms with Gasteiger partial charge in [0, 0.05) is 11.1 Å². The Morgan fingerprint density at radius 1 is 0.920 bits per heavy atom. The summed E-state index contributed by atoms with van der Waals surface area (Å²) < 4.78 is 15.8. The third-order valence-electron chi connectivity index (χ3n) is 4.04. The van der Waals surface area contributed by atoms with Crippen LogP contribution in [0.15, 0.2) is 30.3 Å². The van der Waals surface area contributed by atoms with Crippen molar-refractivity contribution in [2.75, 3.05) is 21.3 Å². The van der Waals surface area contributed by atoms with Crippen molar-refractivity contribution >= 4 is 11.9 Å². The third-order valence-corrected chi connectivity index (χ3v) is 4.04. The zero-order valence-electron chi connectivity index (χ0n) is 15.0. The molecule has 5 nitrogen and oxygen atoms in total. The van der Waals surface area contributed by atoms with Crippen LogP contribution in [0.1, 0.15) is 27.0 Å². The second-order valence-electron chi connectivity index (χ2n) is 5.51. The van der Waals surface area contributed by atoms with Gasteiger partial charge in [-0.2, -0.15) is 0 Å². The Bertz CT molecular complexity index is 804. The molecule has 0 fully saturated rings. The average molecular weight is 342 g/mol. The summed E-state index contributed by atoms with van der Waals surface area (Å²) in [6, 6.07) is 7.29. The fraction of sp³-hybridized carbons (Fsp3) is 0.250. The second-order valence-corrected chi connectivity index (χ2v) is 5.51. The molecule has 0 spiro atoms. The number of carbonyl (C=O) groups excluding carboxylic acids is 1.